The molecular formula is C16H21N3OS. The highest BCUT2D eigenvalue weighted by atomic mass is 32.1. The van der Waals surface area contributed by atoms with Gasteiger partial charge in [0.25, 0.3) is 0 Å². The molecule has 4 nitrogen and oxygen atoms in total. The Morgan fingerprint density at radius 1 is 1.43 bits per heavy atom. The Kier molecular flexibility index (Phi) is 4.51. The van der Waals surface area contributed by atoms with E-state index in [1.807, 2.05) is 23.6 Å². The number of hydrogen-bond acceptors (Lipinski definition) is 5. The maximum atomic E-state index is 5.09. The smallest absolute Gasteiger partial charge is 0.212 e. The number of rotatable bonds is 5. The minimum Gasteiger partial charge on any atom is -0.481 e. The molecule has 0 spiro atoms. The molecule has 0 saturated carbocycles. The Morgan fingerprint density at radius 2 is 2.33 bits per heavy atom. The van der Waals surface area contributed by atoms with Crippen LogP contribution in [0.15, 0.2) is 18.3 Å². The van der Waals surface area contributed by atoms with E-state index in [9.17, 15) is 0 Å². The monoisotopic (exact) mass is 303 g/mol. The molecule has 1 aliphatic carbocycles. The minimum atomic E-state index is 0.442. The molecule has 21 heavy (non-hydrogen) atoms. The zero-order chi connectivity index (χ0) is 14.7. The Balaban J connectivity index is 1.77. The van der Waals surface area contributed by atoms with Crippen LogP contribution >= 0.6 is 11.3 Å². The van der Waals surface area contributed by atoms with Gasteiger partial charge in [-0.2, -0.15) is 0 Å². The first kappa shape index (κ1) is 14.5. The molecule has 0 radical (unpaired) electrons. The number of hydrogen-bond donors (Lipinski definition) is 1. The van der Waals surface area contributed by atoms with Crippen molar-refractivity contribution in [3.63, 3.8) is 0 Å². The van der Waals surface area contributed by atoms with Crippen LogP contribution in [-0.2, 0) is 12.8 Å². The van der Waals surface area contributed by atoms with Crippen molar-refractivity contribution >= 4 is 11.3 Å². The van der Waals surface area contributed by atoms with Gasteiger partial charge in [0.05, 0.1) is 23.9 Å². The van der Waals surface area contributed by atoms with Gasteiger partial charge >= 0.3 is 0 Å². The average Bonchev–Trinajstić information content (AvgIpc) is 2.92. The van der Waals surface area contributed by atoms with E-state index in [0.717, 1.165) is 13.0 Å². The van der Waals surface area contributed by atoms with Gasteiger partial charge in [-0.3, -0.25) is 0 Å². The SMILES string of the molecule is CCNC1CCCc2sc(Cc3ccc(OC)nc3)nc21. The zero-order valence-electron chi connectivity index (χ0n) is 12.6. The van der Waals surface area contributed by atoms with Crippen molar-refractivity contribution in [3.8, 4) is 5.88 Å². The molecule has 2 aromatic rings. The van der Waals surface area contributed by atoms with Gasteiger partial charge in [0.15, 0.2) is 0 Å². The quantitative estimate of drug-likeness (QED) is 0.922. The maximum absolute atomic E-state index is 5.09. The van der Waals surface area contributed by atoms with E-state index < -0.39 is 0 Å². The van der Waals surface area contributed by atoms with Crippen molar-refractivity contribution in [3.05, 3.63) is 39.5 Å². The van der Waals surface area contributed by atoms with Crippen molar-refractivity contribution in [2.75, 3.05) is 13.7 Å². The van der Waals surface area contributed by atoms with E-state index in [-0.39, 0.29) is 0 Å². The number of aromatic nitrogens is 2. The highest BCUT2D eigenvalue weighted by Gasteiger charge is 2.23. The first-order chi connectivity index (χ1) is 10.3. The molecule has 1 atom stereocenters. The Hall–Kier alpha value is -1.46. The number of nitrogens with one attached hydrogen (secondary N) is 1. The van der Waals surface area contributed by atoms with Gasteiger partial charge in [-0.1, -0.05) is 13.0 Å². The first-order valence-corrected chi connectivity index (χ1v) is 8.32. The summed E-state index contributed by atoms with van der Waals surface area (Å²) in [6.45, 7) is 3.16. The predicted molar refractivity (Wildman–Crippen MR) is 85.1 cm³/mol. The summed E-state index contributed by atoms with van der Waals surface area (Å²) in [5.74, 6) is 0.657. The van der Waals surface area contributed by atoms with E-state index in [0.29, 0.717) is 11.9 Å². The number of thiazole rings is 1. The van der Waals surface area contributed by atoms with Crippen LogP contribution in [0.2, 0.25) is 0 Å². The van der Waals surface area contributed by atoms with Crippen LogP contribution in [0, 0.1) is 0 Å². The third-order valence-electron chi connectivity index (χ3n) is 3.81. The Bertz CT molecular complexity index is 594. The van der Waals surface area contributed by atoms with Crippen molar-refractivity contribution in [1.82, 2.24) is 15.3 Å². The lowest BCUT2D eigenvalue weighted by Gasteiger charge is -2.21. The van der Waals surface area contributed by atoms with Crippen LogP contribution in [0.3, 0.4) is 0 Å². The number of nitrogens with zero attached hydrogens (tertiary/aromatic N) is 2. The van der Waals surface area contributed by atoms with Crippen LogP contribution in [0.25, 0.3) is 0 Å². The van der Waals surface area contributed by atoms with Gasteiger partial charge in [-0.05, 0) is 31.4 Å². The van der Waals surface area contributed by atoms with Gasteiger partial charge in [-0.15, -0.1) is 11.3 Å². The molecule has 2 heterocycles. The summed E-state index contributed by atoms with van der Waals surface area (Å²) in [6.07, 6.45) is 6.37. The Labute approximate surface area is 129 Å². The molecule has 1 unspecified atom stereocenters. The summed E-state index contributed by atoms with van der Waals surface area (Å²) >= 11 is 1.86. The fraction of sp³-hybridized carbons (Fsp3) is 0.500. The fourth-order valence-corrected chi connectivity index (χ4v) is 4.01. The lowest BCUT2D eigenvalue weighted by Crippen LogP contribution is -2.24. The highest BCUT2D eigenvalue weighted by molar-refractivity contribution is 7.11. The average molecular weight is 303 g/mol. The number of fused-ring (bicyclic) bond motifs is 1. The molecule has 0 aromatic carbocycles. The van der Waals surface area contributed by atoms with E-state index in [2.05, 4.69) is 23.3 Å². The minimum absolute atomic E-state index is 0.442. The number of aryl methyl sites for hydroxylation is 1. The second-order valence-corrected chi connectivity index (χ2v) is 6.47. The summed E-state index contributed by atoms with van der Waals surface area (Å²) in [5.41, 5.74) is 2.46. The van der Waals surface area contributed by atoms with Gasteiger partial charge < -0.3 is 10.1 Å². The predicted octanol–water partition coefficient (Wildman–Crippen LogP) is 3.12. The van der Waals surface area contributed by atoms with Crippen molar-refractivity contribution in [2.24, 2.45) is 0 Å². The van der Waals surface area contributed by atoms with Gasteiger partial charge in [0, 0.05) is 23.6 Å². The molecule has 3 rings (SSSR count). The normalized spacial score (nSPS) is 17.5. The lowest BCUT2D eigenvalue weighted by atomic mass is 9.98. The second-order valence-electron chi connectivity index (χ2n) is 5.30. The number of ether oxygens (including phenoxy) is 1. The standard InChI is InChI=1S/C16H21N3OS/c1-3-17-12-5-4-6-13-16(12)19-15(21-13)9-11-7-8-14(20-2)18-10-11/h7-8,10,12,17H,3-6,9H2,1-2H3. The van der Waals surface area contributed by atoms with E-state index >= 15 is 0 Å². The fourth-order valence-electron chi connectivity index (χ4n) is 2.80. The van der Waals surface area contributed by atoms with E-state index in [1.54, 1.807) is 7.11 Å². The molecule has 0 bridgehead atoms. The number of pyridine rings is 1. The van der Waals surface area contributed by atoms with Crippen LogP contribution in [0.5, 0.6) is 5.88 Å². The van der Waals surface area contributed by atoms with Gasteiger partial charge in [0.2, 0.25) is 5.88 Å². The molecule has 0 fully saturated rings. The molecule has 1 aliphatic rings. The Morgan fingerprint density at radius 3 is 3.05 bits per heavy atom. The number of methoxy groups -OCH3 is 1. The van der Waals surface area contributed by atoms with Gasteiger partial charge in [-0.25, -0.2) is 9.97 Å². The van der Waals surface area contributed by atoms with E-state index in [1.165, 1.54) is 40.4 Å². The molecule has 2 aromatic heterocycles. The van der Waals surface area contributed by atoms with Crippen molar-refractivity contribution in [2.45, 2.75) is 38.6 Å². The van der Waals surface area contributed by atoms with Crippen LogP contribution in [-0.4, -0.2) is 23.6 Å². The molecular weight excluding hydrogens is 282 g/mol. The zero-order valence-corrected chi connectivity index (χ0v) is 13.4. The topological polar surface area (TPSA) is 47.0 Å². The molecule has 0 amide bonds. The van der Waals surface area contributed by atoms with Crippen LogP contribution in [0.4, 0.5) is 0 Å². The van der Waals surface area contributed by atoms with Crippen molar-refractivity contribution < 1.29 is 4.74 Å². The maximum Gasteiger partial charge on any atom is 0.212 e. The summed E-state index contributed by atoms with van der Waals surface area (Å²) in [4.78, 5) is 10.6. The molecule has 0 saturated heterocycles. The summed E-state index contributed by atoms with van der Waals surface area (Å²) in [7, 11) is 1.64. The van der Waals surface area contributed by atoms with Crippen LogP contribution < -0.4 is 10.1 Å². The molecule has 1 N–H and O–H groups in total. The van der Waals surface area contributed by atoms with Gasteiger partial charge in [0.1, 0.15) is 0 Å². The van der Waals surface area contributed by atoms with Crippen LogP contribution in [0.1, 0.15) is 46.9 Å². The summed E-state index contributed by atoms with van der Waals surface area (Å²) in [5, 5.41) is 4.74. The summed E-state index contributed by atoms with van der Waals surface area (Å²) in [6, 6.07) is 4.41. The largest absolute Gasteiger partial charge is 0.481 e. The molecule has 5 heteroatoms. The third kappa shape index (κ3) is 3.24. The molecule has 0 aliphatic heterocycles. The summed E-state index contributed by atoms with van der Waals surface area (Å²) < 4.78 is 5.09. The molecule has 112 valence electrons. The lowest BCUT2D eigenvalue weighted by molar-refractivity contribution is 0.397. The third-order valence-corrected chi connectivity index (χ3v) is 4.94. The van der Waals surface area contributed by atoms with Crippen molar-refractivity contribution in [1.29, 1.82) is 0 Å². The second kappa shape index (κ2) is 6.54. The first-order valence-electron chi connectivity index (χ1n) is 7.51. The highest BCUT2D eigenvalue weighted by Crippen LogP contribution is 2.33. The van der Waals surface area contributed by atoms with E-state index in [4.69, 9.17) is 9.72 Å².